The van der Waals surface area contributed by atoms with Crippen molar-refractivity contribution in [3.8, 4) is 0 Å². The normalized spacial score (nSPS) is 14.6. The van der Waals surface area contributed by atoms with E-state index in [1.54, 1.807) is 22.8 Å². The topological polar surface area (TPSA) is 49.9 Å². The third kappa shape index (κ3) is 4.84. The molecule has 1 aliphatic rings. The third-order valence-electron chi connectivity index (χ3n) is 4.65. The molecule has 2 aromatic rings. The summed E-state index contributed by atoms with van der Waals surface area (Å²) in [5, 5.41) is 0. The molecule has 0 aromatic heterocycles. The van der Waals surface area contributed by atoms with E-state index in [9.17, 15) is 14.0 Å². The van der Waals surface area contributed by atoms with Crippen molar-refractivity contribution in [3.05, 3.63) is 71.0 Å². The molecular weight excluding hydrogens is 347 g/mol. The number of benzene rings is 2. The van der Waals surface area contributed by atoms with Gasteiger partial charge in [-0.2, -0.15) is 0 Å². The summed E-state index contributed by atoms with van der Waals surface area (Å²) in [6.07, 6.45) is 0.303. The van der Waals surface area contributed by atoms with Crippen LogP contribution < -0.4 is 0 Å². The van der Waals surface area contributed by atoms with E-state index in [4.69, 9.17) is 4.74 Å². The molecule has 1 fully saturated rings. The summed E-state index contributed by atoms with van der Waals surface area (Å²) in [6.45, 7) is 3.81. The van der Waals surface area contributed by atoms with Gasteiger partial charge in [0.2, 0.25) is 0 Å². The highest BCUT2D eigenvalue weighted by Gasteiger charge is 2.24. The molecular formula is C21H23FN2O3. The number of carbonyl (C=O) groups excluding carboxylic acids is 2. The minimum Gasteiger partial charge on any atom is -0.445 e. The van der Waals surface area contributed by atoms with E-state index < -0.39 is 0 Å². The lowest BCUT2D eigenvalue weighted by Gasteiger charge is -2.22. The lowest BCUT2D eigenvalue weighted by Crippen LogP contribution is -2.37. The Morgan fingerprint density at radius 1 is 1.00 bits per heavy atom. The zero-order valence-corrected chi connectivity index (χ0v) is 15.4. The van der Waals surface area contributed by atoms with Crippen molar-refractivity contribution < 1.29 is 18.7 Å². The van der Waals surface area contributed by atoms with Crippen molar-refractivity contribution >= 4 is 12.0 Å². The summed E-state index contributed by atoms with van der Waals surface area (Å²) in [5.41, 5.74) is 1.85. The number of halogens is 1. The van der Waals surface area contributed by atoms with Crippen LogP contribution in [-0.4, -0.2) is 48.0 Å². The number of nitrogens with zero attached hydrogens (tertiary/aromatic N) is 2. The smallest absolute Gasteiger partial charge is 0.410 e. The second-order valence-corrected chi connectivity index (χ2v) is 6.64. The molecule has 3 rings (SSSR count). The predicted molar refractivity (Wildman–Crippen MR) is 99.9 cm³/mol. The van der Waals surface area contributed by atoms with Crippen molar-refractivity contribution in [2.24, 2.45) is 0 Å². The Bertz CT molecular complexity index is 810. The molecule has 0 bridgehead atoms. The number of carbonyl (C=O) groups is 2. The SMILES string of the molecule is Cc1cc(C(=O)N2CCCN(C(=O)OCc3ccccc3)CC2)ccc1F. The van der Waals surface area contributed by atoms with Crippen LogP contribution >= 0.6 is 0 Å². The molecule has 0 unspecified atom stereocenters. The largest absolute Gasteiger partial charge is 0.445 e. The summed E-state index contributed by atoms with van der Waals surface area (Å²) >= 11 is 0. The van der Waals surface area contributed by atoms with Crippen molar-refractivity contribution in [1.82, 2.24) is 9.80 Å². The zero-order valence-electron chi connectivity index (χ0n) is 15.4. The van der Waals surface area contributed by atoms with E-state index >= 15 is 0 Å². The quantitative estimate of drug-likeness (QED) is 0.829. The van der Waals surface area contributed by atoms with Gasteiger partial charge in [0.15, 0.2) is 0 Å². The molecule has 2 aromatic carbocycles. The molecule has 142 valence electrons. The molecule has 0 N–H and O–H groups in total. The van der Waals surface area contributed by atoms with Gasteiger partial charge in [-0.3, -0.25) is 4.79 Å². The van der Waals surface area contributed by atoms with Crippen LogP contribution in [0.25, 0.3) is 0 Å². The van der Waals surface area contributed by atoms with Gasteiger partial charge >= 0.3 is 6.09 Å². The molecule has 0 spiro atoms. The van der Waals surface area contributed by atoms with E-state index in [0.717, 1.165) is 5.56 Å². The van der Waals surface area contributed by atoms with Crippen LogP contribution in [0, 0.1) is 12.7 Å². The zero-order chi connectivity index (χ0) is 19.2. The number of aryl methyl sites for hydroxylation is 1. The van der Waals surface area contributed by atoms with Gasteiger partial charge in [0, 0.05) is 31.7 Å². The van der Waals surface area contributed by atoms with Gasteiger partial charge in [0.25, 0.3) is 5.91 Å². The van der Waals surface area contributed by atoms with E-state index in [1.807, 2.05) is 30.3 Å². The molecule has 1 aliphatic heterocycles. The van der Waals surface area contributed by atoms with Crippen molar-refractivity contribution in [1.29, 1.82) is 0 Å². The lowest BCUT2D eigenvalue weighted by molar-refractivity contribution is 0.0749. The highest BCUT2D eigenvalue weighted by Crippen LogP contribution is 2.14. The van der Waals surface area contributed by atoms with Crippen LogP contribution in [0.2, 0.25) is 0 Å². The van der Waals surface area contributed by atoms with Crippen molar-refractivity contribution in [2.75, 3.05) is 26.2 Å². The number of rotatable bonds is 3. The van der Waals surface area contributed by atoms with Crippen LogP contribution in [0.1, 0.15) is 27.9 Å². The Labute approximate surface area is 158 Å². The van der Waals surface area contributed by atoms with Gasteiger partial charge in [-0.05, 0) is 42.7 Å². The first-order valence-corrected chi connectivity index (χ1v) is 9.05. The molecule has 1 saturated heterocycles. The molecule has 0 saturated carbocycles. The second-order valence-electron chi connectivity index (χ2n) is 6.64. The van der Waals surface area contributed by atoms with Crippen molar-refractivity contribution in [2.45, 2.75) is 20.0 Å². The van der Waals surface area contributed by atoms with Crippen LogP contribution in [0.5, 0.6) is 0 Å². The minimum atomic E-state index is -0.370. The average molecular weight is 370 g/mol. The Morgan fingerprint density at radius 3 is 2.44 bits per heavy atom. The van der Waals surface area contributed by atoms with Gasteiger partial charge in [-0.1, -0.05) is 30.3 Å². The summed E-state index contributed by atoms with van der Waals surface area (Å²) in [6, 6.07) is 13.9. The van der Waals surface area contributed by atoms with Gasteiger partial charge in [0.05, 0.1) is 0 Å². The summed E-state index contributed by atoms with van der Waals surface area (Å²) < 4.78 is 18.8. The summed E-state index contributed by atoms with van der Waals surface area (Å²) in [5.74, 6) is -0.465. The summed E-state index contributed by atoms with van der Waals surface area (Å²) in [7, 11) is 0. The summed E-state index contributed by atoms with van der Waals surface area (Å²) in [4.78, 5) is 28.3. The van der Waals surface area contributed by atoms with E-state index in [-0.39, 0.29) is 24.4 Å². The molecule has 0 atom stereocenters. The maximum atomic E-state index is 13.4. The number of hydrogen-bond donors (Lipinski definition) is 0. The minimum absolute atomic E-state index is 0.141. The highest BCUT2D eigenvalue weighted by atomic mass is 19.1. The Hall–Kier alpha value is -2.89. The first-order chi connectivity index (χ1) is 13.0. The van der Waals surface area contributed by atoms with Gasteiger partial charge < -0.3 is 14.5 Å². The number of amides is 2. The van der Waals surface area contributed by atoms with Crippen LogP contribution in [0.4, 0.5) is 9.18 Å². The number of ether oxygens (including phenoxy) is 1. The predicted octanol–water partition coefficient (Wildman–Crippen LogP) is 3.62. The monoisotopic (exact) mass is 370 g/mol. The fourth-order valence-electron chi connectivity index (χ4n) is 3.07. The first kappa shape index (κ1) is 18.9. The molecule has 5 nitrogen and oxygen atoms in total. The van der Waals surface area contributed by atoms with E-state index in [2.05, 4.69) is 0 Å². The second kappa shape index (κ2) is 8.66. The van der Waals surface area contributed by atoms with Gasteiger partial charge in [-0.25, -0.2) is 9.18 Å². The molecule has 27 heavy (non-hydrogen) atoms. The number of hydrogen-bond acceptors (Lipinski definition) is 3. The molecule has 0 aliphatic carbocycles. The standard InChI is InChI=1S/C21H23FN2O3/c1-16-14-18(8-9-19(16)22)20(25)23-10-5-11-24(13-12-23)21(26)27-15-17-6-3-2-4-7-17/h2-4,6-9,14H,5,10-13,15H2,1H3. The fraction of sp³-hybridized carbons (Fsp3) is 0.333. The first-order valence-electron chi connectivity index (χ1n) is 9.05. The molecule has 2 amide bonds. The van der Waals surface area contributed by atoms with Crippen LogP contribution in [0.15, 0.2) is 48.5 Å². The van der Waals surface area contributed by atoms with Crippen LogP contribution in [-0.2, 0) is 11.3 Å². The molecule has 1 heterocycles. The van der Waals surface area contributed by atoms with E-state index in [1.165, 1.54) is 12.1 Å². The Morgan fingerprint density at radius 2 is 1.70 bits per heavy atom. The average Bonchev–Trinajstić information content (AvgIpc) is 2.95. The highest BCUT2D eigenvalue weighted by molar-refractivity contribution is 5.94. The maximum Gasteiger partial charge on any atom is 0.410 e. The Kier molecular flexibility index (Phi) is 6.06. The lowest BCUT2D eigenvalue weighted by atomic mass is 10.1. The fourth-order valence-corrected chi connectivity index (χ4v) is 3.07. The third-order valence-corrected chi connectivity index (χ3v) is 4.65. The van der Waals surface area contributed by atoms with Crippen LogP contribution in [0.3, 0.4) is 0 Å². The van der Waals surface area contributed by atoms with Crippen molar-refractivity contribution in [3.63, 3.8) is 0 Å². The van der Waals surface area contributed by atoms with Gasteiger partial charge in [-0.15, -0.1) is 0 Å². The van der Waals surface area contributed by atoms with E-state index in [0.29, 0.717) is 43.7 Å². The van der Waals surface area contributed by atoms with Gasteiger partial charge in [0.1, 0.15) is 12.4 Å². The Balaban J connectivity index is 1.55. The molecule has 0 radical (unpaired) electrons. The molecule has 6 heteroatoms. The maximum absolute atomic E-state index is 13.4.